The number of nitrogens with one attached hydrogen (secondary N) is 1. The summed E-state index contributed by atoms with van der Waals surface area (Å²) in [7, 11) is 0. The monoisotopic (exact) mass is 286 g/mol. The summed E-state index contributed by atoms with van der Waals surface area (Å²) >= 11 is 0. The number of benzene rings is 2. The van der Waals surface area contributed by atoms with Gasteiger partial charge in [-0.05, 0) is 18.4 Å². The molecule has 0 saturated heterocycles. The van der Waals surface area contributed by atoms with Crippen LogP contribution < -0.4 is 15.8 Å². The molecular weight excluding hydrogens is 264 g/mol. The van der Waals surface area contributed by atoms with E-state index in [0.717, 1.165) is 16.5 Å². The van der Waals surface area contributed by atoms with E-state index in [-0.39, 0.29) is 17.9 Å². The lowest BCUT2D eigenvalue weighted by molar-refractivity contribution is -0.125. The van der Waals surface area contributed by atoms with Crippen molar-refractivity contribution in [3.63, 3.8) is 0 Å². The molecule has 0 bridgehead atoms. The molecule has 4 nitrogen and oxygen atoms in total. The number of amides is 1. The van der Waals surface area contributed by atoms with Crippen LogP contribution in [0.15, 0.2) is 42.5 Å². The van der Waals surface area contributed by atoms with Gasteiger partial charge in [-0.15, -0.1) is 0 Å². The van der Waals surface area contributed by atoms with Crippen molar-refractivity contribution in [2.45, 2.75) is 19.9 Å². The first-order valence-electron chi connectivity index (χ1n) is 7.23. The van der Waals surface area contributed by atoms with Gasteiger partial charge in [-0.3, -0.25) is 4.79 Å². The van der Waals surface area contributed by atoms with E-state index in [4.69, 9.17) is 10.5 Å². The topological polar surface area (TPSA) is 64.4 Å². The third kappa shape index (κ3) is 3.95. The third-order valence-corrected chi connectivity index (χ3v) is 3.61. The first kappa shape index (κ1) is 15.3. The molecule has 21 heavy (non-hydrogen) atoms. The second-order valence-corrected chi connectivity index (χ2v) is 5.26. The van der Waals surface area contributed by atoms with Crippen LogP contribution in [0.25, 0.3) is 10.8 Å². The van der Waals surface area contributed by atoms with Crippen LogP contribution in [0.4, 0.5) is 0 Å². The van der Waals surface area contributed by atoms with Crippen molar-refractivity contribution < 1.29 is 9.53 Å². The van der Waals surface area contributed by atoms with E-state index in [9.17, 15) is 4.79 Å². The highest BCUT2D eigenvalue weighted by Crippen LogP contribution is 2.24. The zero-order valence-electron chi connectivity index (χ0n) is 12.5. The fourth-order valence-corrected chi connectivity index (χ4v) is 2.06. The van der Waals surface area contributed by atoms with Crippen LogP contribution in [-0.2, 0) is 4.79 Å². The van der Waals surface area contributed by atoms with Crippen LogP contribution in [-0.4, -0.2) is 25.1 Å². The Labute approximate surface area is 125 Å². The second-order valence-electron chi connectivity index (χ2n) is 5.26. The largest absolute Gasteiger partial charge is 0.491 e. The van der Waals surface area contributed by atoms with Crippen molar-refractivity contribution >= 4 is 16.7 Å². The summed E-state index contributed by atoms with van der Waals surface area (Å²) in [6, 6.07) is 13.9. The lowest BCUT2D eigenvalue weighted by Gasteiger charge is -2.15. The summed E-state index contributed by atoms with van der Waals surface area (Å²) in [4.78, 5) is 11.8. The SMILES string of the molecule is CC(N)C(C)C(=O)NCCOc1cccc2ccccc12. The average Bonchev–Trinajstić information content (AvgIpc) is 2.50. The summed E-state index contributed by atoms with van der Waals surface area (Å²) < 4.78 is 5.76. The van der Waals surface area contributed by atoms with E-state index in [1.807, 2.05) is 56.3 Å². The van der Waals surface area contributed by atoms with Crippen LogP contribution in [0.2, 0.25) is 0 Å². The molecule has 0 aliphatic heterocycles. The van der Waals surface area contributed by atoms with E-state index in [1.54, 1.807) is 0 Å². The zero-order chi connectivity index (χ0) is 15.2. The standard InChI is InChI=1S/C17H22N2O2/c1-12(13(2)18)17(20)19-10-11-21-16-9-5-7-14-6-3-4-8-15(14)16/h3-9,12-13H,10-11,18H2,1-2H3,(H,19,20). The molecule has 0 spiro atoms. The van der Waals surface area contributed by atoms with Gasteiger partial charge in [0.05, 0.1) is 6.54 Å². The highest BCUT2D eigenvalue weighted by molar-refractivity contribution is 5.88. The first-order chi connectivity index (χ1) is 10.1. The van der Waals surface area contributed by atoms with Crippen molar-refractivity contribution in [3.05, 3.63) is 42.5 Å². The molecule has 0 aliphatic rings. The Hall–Kier alpha value is -2.07. The minimum atomic E-state index is -0.192. The molecule has 0 aromatic heterocycles. The van der Waals surface area contributed by atoms with E-state index < -0.39 is 0 Å². The number of nitrogens with two attached hydrogens (primary N) is 1. The van der Waals surface area contributed by atoms with Gasteiger partial charge in [0.2, 0.25) is 5.91 Å². The highest BCUT2D eigenvalue weighted by Gasteiger charge is 2.16. The molecule has 0 fully saturated rings. The molecular formula is C17H22N2O2. The molecule has 1 amide bonds. The Bertz CT molecular complexity index is 605. The molecule has 112 valence electrons. The molecule has 4 heteroatoms. The van der Waals surface area contributed by atoms with E-state index in [0.29, 0.717) is 13.2 Å². The van der Waals surface area contributed by atoms with Crippen molar-refractivity contribution in [1.82, 2.24) is 5.32 Å². The number of carbonyl (C=O) groups excluding carboxylic acids is 1. The lowest BCUT2D eigenvalue weighted by atomic mass is 10.0. The number of fused-ring (bicyclic) bond motifs is 1. The van der Waals surface area contributed by atoms with Gasteiger partial charge in [-0.2, -0.15) is 0 Å². The van der Waals surface area contributed by atoms with Crippen molar-refractivity contribution in [3.8, 4) is 5.75 Å². The Morgan fingerprint density at radius 3 is 2.67 bits per heavy atom. The van der Waals surface area contributed by atoms with E-state index in [2.05, 4.69) is 5.32 Å². The van der Waals surface area contributed by atoms with Crippen molar-refractivity contribution in [1.29, 1.82) is 0 Å². The smallest absolute Gasteiger partial charge is 0.224 e. The van der Waals surface area contributed by atoms with Gasteiger partial charge in [0.1, 0.15) is 12.4 Å². The lowest BCUT2D eigenvalue weighted by Crippen LogP contribution is -2.40. The fraction of sp³-hybridized carbons (Fsp3) is 0.353. The summed E-state index contributed by atoms with van der Waals surface area (Å²) in [6.07, 6.45) is 0. The molecule has 0 aliphatic carbocycles. The zero-order valence-corrected chi connectivity index (χ0v) is 12.5. The number of hydrogen-bond acceptors (Lipinski definition) is 3. The van der Waals surface area contributed by atoms with Gasteiger partial charge in [-0.1, -0.05) is 43.3 Å². The van der Waals surface area contributed by atoms with E-state index in [1.165, 1.54) is 0 Å². The quantitative estimate of drug-likeness (QED) is 0.801. The Morgan fingerprint density at radius 2 is 1.90 bits per heavy atom. The maximum Gasteiger partial charge on any atom is 0.224 e. The maximum atomic E-state index is 11.8. The van der Waals surface area contributed by atoms with Crippen LogP contribution in [0.3, 0.4) is 0 Å². The van der Waals surface area contributed by atoms with Gasteiger partial charge < -0.3 is 15.8 Å². The van der Waals surface area contributed by atoms with Crippen LogP contribution in [0.5, 0.6) is 5.75 Å². The number of rotatable bonds is 6. The molecule has 0 saturated carbocycles. The normalized spacial score (nSPS) is 13.7. The number of hydrogen-bond donors (Lipinski definition) is 2. The minimum Gasteiger partial charge on any atom is -0.491 e. The molecule has 2 rings (SSSR count). The predicted molar refractivity (Wildman–Crippen MR) is 85.3 cm³/mol. The molecule has 3 N–H and O–H groups in total. The fourth-order valence-electron chi connectivity index (χ4n) is 2.06. The van der Waals surface area contributed by atoms with Gasteiger partial charge in [0.15, 0.2) is 0 Å². The van der Waals surface area contributed by atoms with Gasteiger partial charge in [-0.25, -0.2) is 0 Å². The Morgan fingerprint density at radius 1 is 1.19 bits per heavy atom. The predicted octanol–water partition coefficient (Wildman–Crippen LogP) is 2.32. The summed E-state index contributed by atoms with van der Waals surface area (Å²) in [5, 5.41) is 5.06. The maximum absolute atomic E-state index is 11.8. The van der Waals surface area contributed by atoms with E-state index >= 15 is 0 Å². The highest BCUT2D eigenvalue weighted by atomic mass is 16.5. The third-order valence-electron chi connectivity index (χ3n) is 3.61. The molecule has 2 atom stereocenters. The number of carbonyl (C=O) groups is 1. The Balaban J connectivity index is 1.87. The van der Waals surface area contributed by atoms with Gasteiger partial charge in [0.25, 0.3) is 0 Å². The molecule has 0 heterocycles. The van der Waals surface area contributed by atoms with Crippen LogP contribution >= 0.6 is 0 Å². The van der Waals surface area contributed by atoms with Crippen molar-refractivity contribution in [2.24, 2.45) is 11.7 Å². The first-order valence-corrected chi connectivity index (χ1v) is 7.23. The second kappa shape index (κ2) is 7.09. The number of ether oxygens (including phenoxy) is 1. The van der Waals surface area contributed by atoms with Gasteiger partial charge >= 0.3 is 0 Å². The average molecular weight is 286 g/mol. The molecule has 2 aromatic rings. The summed E-state index contributed by atoms with van der Waals surface area (Å²) in [5.74, 6) is 0.608. The Kier molecular flexibility index (Phi) is 5.17. The molecule has 2 aromatic carbocycles. The molecule has 0 radical (unpaired) electrons. The van der Waals surface area contributed by atoms with Crippen LogP contribution in [0.1, 0.15) is 13.8 Å². The summed E-state index contributed by atoms with van der Waals surface area (Å²) in [6.45, 7) is 4.56. The summed E-state index contributed by atoms with van der Waals surface area (Å²) in [5.41, 5.74) is 5.70. The molecule has 2 unspecified atom stereocenters. The van der Waals surface area contributed by atoms with Crippen LogP contribution in [0, 0.1) is 5.92 Å². The van der Waals surface area contributed by atoms with Gasteiger partial charge in [0, 0.05) is 17.3 Å². The minimum absolute atomic E-state index is 0.0356. The van der Waals surface area contributed by atoms with Crippen molar-refractivity contribution in [2.75, 3.05) is 13.2 Å².